The van der Waals surface area contributed by atoms with Crippen LogP contribution in [-0.4, -0.2) is 32.3 Å². The van der Waals surface area contributed by atoms with Gasteiger partial charge in [0.1, 0.15) is 0 Å². The molecule has 0 aliphatic rings. The zero-order valence-corrected chi connectivity index (χ0v) is 20.2. The lowest BCUT2D eigenvalue weighted by molar-refractivity contribution is -0.113. The number of benzene rings is 2. The summed E-state index contributed by atoms with van der Waals surface area (Å²) in [6, 6.07) is 10.6. The minimum atomic E-state index is -0.295. The smallest absolute Gasteiger partial charge is 0.251 e. The van der Waals surface area contributed by atoms with E-state index in [1.807, 2.05) is 43.5 Å². The number of hydrogen-bond donors (Lipinski definition) is 2. The molecule has 0 bridgehead atoms. The van der Waals surface area contributed by atoms with Crippen LogP contribution in [0.15, 0.2) is 41.6 Å². The van der Waals surface area contributed by atoms with Crippen molar-refractivity contribution < 1.29 is 9.59 Å². The van der Waals surface area contributed by atoms with E-state index >= 15 is 0 Å². The molecule has 1 heterocycles. The monoisotopic (exact) mass is 491 g/mol. The van der Waals surface area contributed by atoms with Crippen molar-refractivity contribution in [1.29, 1.82) is 0 Å². The number of anilines is 1. The van der Waals surface area contributed by atoms with Gasteiger partial charge in [-0.05, 0) is 56.2 Å². The van der Waals surface area contributed by atoms with Crippen molar-refractivity contribution >= 4 is 52.5 Å². The number of nitrogens with one attached hydrogen (secondary N) is 2. The first-order valence-corrected chi connectivity index (χ1v) is 11.7. The summed E-state index contributed by atoms with van der Waals surface area (Å²) < 4.78 is 1.87. The van der Waals surface area contributed by atoms with E-state index in [0.717, 1.165) is 16.8 Å². The van der Waals surface area contributed by atoms with E-state index in [9.17, 15) is 9.59 Å². The predicted octanol–water partition coefficient (Wildman–Crippen LogP) is 4.88. The number of hydrogen-bond acceptors (Lipinski definition) is 5. The summed E-state index contributed by atoms with van der Waals surface area (Å²) in [6.07, 6.45) is 0. The fourth-order valence-electron chi connectivity index (χ4n) is 2.96. The Labute approximate surface area is 200 Å². The maximum absolute atomic E-state index is 12.4. The molecular formula is C22H23Cl2N5O2S. The van der Waals surface area contributed by atoms with Crippen molar-refractivity contribution in [1.82, 2.24) is 20.1 Å². The third-order valence-electron chi connectivity index (χ3n) is 4.70. The largest absolute Gasteiger partial charge is 0.345 e. The van der Waals surface area contributed by atoms with E-state index in [-0.39, 0.29) is 24.1 Å². The molecule has 0 radical (unpaired) electrons. The maximum atomic E-state index is 12.4. The number of carbonyl (C=O) groups excluding carboxylic acids is 2. The number of rotatable bonds is 8. The molecule has 0 saturated carbocycles. The Morgan fingerprint density at radius 3 is 2.56 bits per heavy atom. The molecule has 1 aromatic heterocycles. The Bertz CT molecular complexity index is 1150. The van der Waals surface area contributed by atoms with Gasteiger partial charge in [-0.3, -0.25) is 9.59 Å². The number of thioether (sulfide) groups is 1. The molecule has 168 valence electrons. The molecule has 3 rings (SSSR count). The Balaban J connectivity index is 1.59. The van der Waals surface area contributed by atoms with Gasteiger partial charge in [-0.1, -0.05) is 47.1 Å². The Morgan fingerprint density at radius 2 is 1.84 bits per heavy atom. The first-order chi connectivity index (χ1) is 15.3. The highest BCUT2D eigenvalue weighted by atomic mass is 35.5. The first kappa shape index (κ1) is 24.1. The molecule has 10 heteroatoms. The summed E-state index contributed by atoms with van der Waals surface area (Å²) in [5.41, 5.74) is 3.29. The summed E-state index contributed by atoms with van der Waals surface area (Å²) in [7, 11) is 0. The second kappa shape index (κ2) is 10.8. The van der Waals surface area contributed by atoms with Crippen LogP contribution < -0.4 is 10.6 Å². The van der Waals surface area contributed by atoms with Crippen molar-refractivity contribution in [2.75, 3.05) is 11.1 Å². The second-order valence-corrected chi connectivity index (χ2v) is 8.87. The molecule has 0 atom stereocenters. The third kappa shape index (κ3) is 6.03. The summed E-state index contributed by atoms with van der Waals surface area (Å²) in [5.74, 6) is 0.375. The van der Waals surface area contributed by atoms with Crippen LogP contribution in [0.25, 0.3) is 0 Å². The lowest BCUT2D eigenvalue weighted by Gasteiger charge is -2.10. The predicted molar refractivity (Wildman–Crippen MR) is 129 cm³/mol. The number of aryl methyl sites for hydroxylation is 2. The van der Waals surface area contributed by atoms with Gasteiger partial charge >= 0.3 is 0 Å². The molecule has 0 spiro atoms. The highest BCUT2D eigenvalue weighted by Gasteiger charge is 2.15. The zero-order chi connectivity index (χ0) is 23.3. The molecule has 0 aliphatic heterocycles. The summed E-state index contributed by atoms with van der Waals surface area (Å²) in [4.78, 5) is 24.8. The number of carbonyl (C=O) groups is 2. The quantitative estimate of drug-likeness (QED) is 0.438. The summed E-state index contributed by atoms with van der Waals surface area (Å²) in [5, 5.41) is 15.4. The fourth-order valence-corrected chi connectivity index (χ4v) is 4.08. The van der Waals surface area contributed by atoms with Gasteiger partial charge in [0.05, 0.1) is 22.3 Å². The van der Waals surface area contributed by atoms with E-state index in [0.29, 0.717) is 33.1 Å². The minimum Gasteiger partial charge on any atom is -0.345 e. The maximum Gasteiger partial charge on any atom is 0.251 e. The number of halogens is 2. The lowest BCUT2D eigenvalue weighted by Crippen LogP contribution is -2.24. The van der Waals surface area contributed by atoms with Crippen molar-refractivity contribution in [3.05, 3.63) is 69.0 Å². The van der Waals surface area contributed by atoms with Crippen LogP contribution in [0.4, 0.5) is 5.69 Å². The summed E-state index contributed by atoms with van der Waals surface area (Å²) >= 11 is 13.2. The standard InChI is InChI=1S/C22H23Cl2N5O2S/c1-4-29-19(11-25-21(31)15-7-8-16(23)17(24)10-15)27-28-22(29)32-12-20(30)26-18-9-13(2)5-6-14(18)3/h5-10H,4,11-12H2,1-3H3,(H,25,31)(H,26,30). The van der Waals surface area contributed by atoms with Crippen molar-refractivity contribution in [2.24, 2.45) is 0 Å². The highest BCUT2D eigenvalue weighted by Crippen LogP contribution is 2.23. The van der Waals surface area contributed by atoms with Crippen LogP contribution in [0, 0.1) is 13.8 Å². The van der Waals surface area contributed by atoms with Gasteiger partial charge in [0.15, 0.2) is 11.0 Å². The van der Waals surface area contributed by atoms with Crippen molar-refractivity contribution in [3.63, 3.8) is 0 Å². The van der Waals surface area contributed by atoms with Gasteiger partial charge < -0.3 is 15.2 Å². The van der Waals surface area contributed by atoms with Crippen LogP contribution in [0.5, 0.6) is 0 Å². The average Bonchev–Trinajstić information content (AvgIpc) is 3.16. The van der Waals surface area contributed by atoms with Gasteiger partial charge in [0.25, 0.3) is 5.91 Å². The highest BCUT2D eigenvalue weighted by molar-refractivity contribution is 7.99. The van der Waals surface area contributed by atoms with Crippen molar-refractivity contribution in [3.8, 4) is 0 Å². The molecule has 0 fully saturated rings. The molecule has 2 aromatic carbocycles. The normalized spacial score (nSPS) is 10.8. The minimum absolute atomic E-state index is 0.121. The molecule has 0 aliphatic carbocycles. The SMILES string of the molecule is CCn1c(CNC(=O)c2ccc(Cl)c(Cl)c2)nnc1SCC(=O)Nc1cc(C)ccc1C. The van der Waals surface area contributed by atoms with E-state index in [1.54, 1.807) is 12.1 Å². The van der Waals surface area contributed by atoms with E-state index in [1.165, 1.54) is 17.8 Å². The average molecular weight is 492 g/mol. The molecular weight excluding hydrogens is 469 g/mol. The number of amides is 2. The van der Waals surface area contributed by atoms with Crippen LogP contribution >= 0.6 is 35.0 Å². The van der Waals surface area contributed by atoms with E-state index < -0.39 is 0 Å². The van der Waals surface area contributed by atoms with E-state index in [2.05, 4.69) is 20.8 Å². The molecule has 7 nitrogen and oxygen atoms in total. The molecule has 3 aromatic rings. The van der Waals surface area contributed by atoms with Crippen LogP contribution in [0.2, 0.25) is 10.0 Å². The van der Waals surface area contributed by atoms with Gasteiger partial charge in [-0.15, -0.1) is 10.2 Å². The number of nitrogens with zero attached hydrogens (tertiary/aromatic N) is 3. The third-order valence-corrected chi connectivity index (χ3v) is 6.40. The second-order valence-electron chi connectivity index (χ2n) is 7.11. The van der Waals surface area contributed by atoms with Gasteiger partial charge in [0.2, 0.25) is 5.91 Å². The lowest BCUT2D eigenvalue weighted by atomic mass is 10.1. The first-order valence-electron chi connectivity index (χ1n) is 9.93. The van der Waals surface area contributed by atoms with Gasteiger partial charge in [-0.25, -0.2) is 0 Å². The van der Waals surface area contributed by atoms with Crippen LogP contribution in [-0.2, 0) is 17.9 Å². The van der Waals surface area contributed by atoms with E-state index in [4.69, 9.17) is 23.2 Å². The molecule has 2 N–H and O–H groups in total. The Hall–Kier alpha value is -2.55. The van der Waals surface area contributed by atoms with Gasteiger partial charge in [0, 0.05) is 17.8 Å². The summed E-state index contributed by atoms with van der Waals surface area (Å²) in [6.45, 7) is 6.68. The molecule has 0 unspecified atom stereocenters. The van der Waals surface area contributed by atoms with Crippen LogP contribution in [0.1, 0.15) is 34.2 Å². The Morgan fingerprint density at radius 1 is 1.06 bits per heavy atom. The Kier molecular flexibility index (Phi) is 8.17. The number of aromatic nitrogens is 3. The van der Waals surface area contributed by atoms with Gasteiger partial charge in [-0.2, -0.15) is 0 Å². The topological polar surface area (TPSA) is 88.9 Å². The fraction of sp³-hybridized carbons (Fsp3) is 0.273. The molecule has 32 heavy (non-hydrogen) atoms. The molecule has 0 saturated heterocycles. The van der Waals surface area contributed by atoms with Crippen molar-refractivity contribution in [2.45, 2.75) is 39.0 Å². The van der Waals surface area contributed by atoms with Crippen LogP contribution in [0.3, 0.4) is 0 Å². The molecule has 2 amide bonds. The zero-order valence-electron chi connectivity index (χ0n) is 17.9.